The lowest BCUT2D eigenvalue weighted by molar-refractivity contribution is 0.593. The molecule has 1 aromatic carbocycles. The quantitative estimate of drug-likeness (QED) is 0.766. The molecule has 1 aromatic heterocycles. The summed E-state index contributed by atoms with van der Waals surface area (Å²) in [6.45, 7) is 6.25. The third-order valence-corrected chi connectivity index (χ3v) is 3.37. The van der Waals surface area contributed by atoms with Crippen LogP contribution in [0.1, 0.15) is 36.1 Å². The van der Waals surface area contributed by atoms with Gasteiger partial charge in [0.2, 0.25) is 0 Å². The fourth-order valence-electron chi connectivity index (χ4n) is 2.04. The zero-order chi connectivity index (χ0) is 12.8. The number of benzene rings is 1. The molecule has 3 nitrogen and oxygen atoms in total. The van der Waals surface area contributed by atoms with Crippen molar-refractivity contribution in [1.82, 2.24) is 15.5 Å². The van der Waals surface area contributed by atoms with Crippen molar-refractivity contribution < 1.29 is 0 Å². The smallest absolute Gasteiger partial charge is 0.0535 e. The Kier molecular flexibility index (Phi) is 4.53. The Morgan fingerprint density at radius 1 is 1.28 bits per heavy atom. The van der Waals surface area contributed by atoms with Crippen LogP contribution in [-0.2, 0) is 6.54 Å². The molecule has 2 aromatic rings. The maximum absolute atomic E-state index is 4.02. The van der Waals surface area contributed by atoms with Crippen LogP contribution in [0.5, 0.6) is 0 Å². The van der Waals surface area contributed by atoms with Crippen molar-refractivity contribution in [3.8, 4) is 0 Å². The van der Waals surface area contributed by atoms with E-state index >= 15 is 0 Å². The van der Waals surface area contributed by atoms with Crippen LogP contribution >= 0.6 is 0 Å². The molecule has 2 rings (SSSR count). The van der Waals surface area contributed by atoms with E-state index in [1.54, 1.807) is 0 Å². The van der Waals surface area contributed by atoms with E-state index in [-0.39, 0.29) is 0 Å². The Labute approximate surface area is 109 Å². The summed E-state index contributed by atoms with van der Waals surface area (Å²) < 4.78 is 0. The van der Waals surface area contributed by atoms with Crippen molar-refractivity contribution in [2.45, 2.75) is 32.7 Å². The van der Waals surface area contributed by atoms with E-state index in [1.807, 2.05) is 6.20 Å². The van der Waals surface area contributed by atoms with Gasteiger partial charge >= 0.3 is 0 Å². The first-order chi connectivity index (χ1) is 8.77. The molecule has 0 amide bonds. The molecule has 0 bridgehead atoms. The van der Waals surface area contributed by atoms with E-state index in [2.05, 4.69) is 59.7 Å². The molecular formula is C15H21N3. The molecule has 2 N–H and O–H groups in total. The standard InChI is InChI=1S/C15H21N3/c1-12(14-6-4-3-5-7-14)8-9-16-10-15-11-17-18-13(15)2/h3-7,11-12,16H,8-10H2,1-2H3,(H,17,18). The van der Waals surface area contributed by atoms with Gasteiger partial charge in [-0.3, -0.25) is 5.10 Å². The summed E-state index contributed by atoms with van der Waals surface area (Å²) in [5.74, 6) is 0.601. The second-order valence-electron chi connectivity index (χ2n) is 4.80. The van der Waals surface area contributed by atoms with E-state index in [0.29, 0.717) is 5.92 Å². The van der Waals surface area contributed by atoms with Crippen molar-refractivity contribution in [2.75, 3.05) is 6.54 Å². The average Bonchev–Trinajstić information content (AvgIpc) is 2.81. The second-order valence-corrected chi connectivity index (χ2v) is 4.80. The molecule has 1 atom stereocenters. The highest BCUT2D eigenvalue weighted by Gasteiger charge is 2.04. The topological polar surface area (TPSA) is 40.7 Å². The normalized spacial score (nSPS) is 12.6. The maximum Gasteiger partial charge on any atom is 0.0535 e. The number of aromatic nitrogens is 2. The van der Waals surface area contributed by atoms with Crippen molar-refractivity contribution in [2.24, 2.45) is 0 Å². The largest absolute Gasteiger partial charge is 0.313 e. The summed E-state index contributed by atoms with van der Waals surface area (Å²) in [6.07, 6.45) is 3.05. The van der Waals surface area contributed by atoms with Crippen LogP contribution in [0.25, 0.3) is 0 Å². The molecular weight excluding hydrogens is 222 g/mol. The number of aryl methyl sites for hydroxylation is 1. The van der Waals surface area contributed by atoms with Crippen molar-refractivity contribution in [1.29, 1.82) is 0 Å². The number of aromatic amines is 1. The Morgan fingerprint density at radius 3 is 2.72 bits per heavy atom. The Balaban J connectivity index is 1.71. The number of hydrogen-bond acceptors (Lipinski definition) is 2. The number of nitrogens with one attached hydrogen (secondary N) is 2. The minimum absolute atomic E-state index is 0.601. The van der Waals surface area contributed by atoms with Crippen LogP contribution < -0.4 is 5.32 Å². The minimum atomic E-state index is 0.601. The van der Waals surface area contributed by atoms with Crippen LogP contribution in [0.4, 0.5) is 0 Å². The highest BCUT2D eigenvalue weighted by Crippen LogP contribution is 2.17. The zero-order valence-electron chi connectivity index (χ0n) is 11.1. The summed E-state index contributed by atoms with van der Waals surface area (Å²) in [7, 11) is 0. The van der Waals surface area contributed by atoms with Crippen LogP contribution in [0.2, 0.25) is 0 Å². The van der Waals surface area contributed by atoms with E-state index in [9.17, 15) is 0 Å². The molecule has 0 fully saturated rings. The van der Waals surface area contributed by atoms with E-state index in [0.717, 1.165) is 25.2 Å². The first-order valence-electron chi connectivity index (χ1n) is 6.52. The third-order valence-electron chi connectivity index (χ3n) is 3.37. The fourth-order valence-corrected chi connectivity index (χ4v) is 2.04. The number of hydrogen-bond donors (Lipinski definition) is 2. The SMILES string of the molecule is Cc1[nH]ncc1CNCCC(C)c1ccccc1. The predicted molar refractivity (Wildman–Crippen MR) is 74.5 cm³/mol. The Morgan fingerprint density at radius 2 is 2.06 bits per heavy atom. The van der Waals surface area contributed by atoms with Gasteiger partial charge in [-0.05, 0) is 31.4 Å². The molecule has 0 saturated heterocycles. The molecule has 3 heteroatoms. The highest BCUT2D eigenvalue weighted by atomic mass is 15.1. The van der Waals surface area contributed by atoms with Gasteiger partial charge in [0.15, 0.2) is 0 Å². The van der Waals surface area contributed by atoms with Crippen molar-refractivity contribution in [3.63, 3.8) is 0 Å². The van der Waals surface area contributed by atoms with Crippen LogP contribution in [0.15, 0.2) is 36.5 Å². The van der Waals surface area contributed by atoms with Gasteiger partial charge in [0.05, 0.1) is 6.20 Å². The number of nitrogens with zero attached hydrogens (tertiary/aromatic N) is 1. The number of rotatable bonds is 6. The molecule has 0 saturated carbocycles. The summed E-state index contributed by atoms with van der Waals surface area (Å²) in [5, 5.41) is 10.4. The molecule has 0 aliphatic carbocycles. The molecule has 0 radical (unpaired) electrons. The summed E-state index contributed by atoms with van der Waals surface area (Å²) in [5.41, 5.74) is 3.82. The van der Waals surface area contributed by atoms with Gasteiger partial charge in [0, 0.05) is 17.8 Å². The van der Waals surface area contributed by atoms with Gasteiger partial charge in [-0.2, -0.15) is 5.10 Å². The molecule has 1 heterocycles. The zero-order valence-corrected chi connectivity index (χ0v) is 11.1. The van der Waals surface area contributed by atoms with Gasteiger partial charge in [-0.1, -0.05) is 37.3 Å². The second kappa shape index (κ2) is 6.36. The monoisotopic (exact) mass is 243 g/mol. The van der Waals surface area contributed by atoms with Gasteiger partial charge in [-0.25, -0.2) is 0 Å². The highest BCUT2D eigenvalue weighted by molar-refractivity contribution is 5.18. The molecule has 0 spiro atoms. The van der Waals surface area contributed by atoms with Gasteiger partial charge < -0.3 is 5.32 Å². The van der Waals surface area contributed by atoms with Crippen LogP contribution in [-0.4, -0.2) is 16.7 Å². The lowest BCUT2D eigenvalue weighted by Crippen LogP contribution is -2.16. The minimum Gasteiger partial charge on any atom is -0.313 e. The van der Waals surface area contributed by atoms with Gasteiger partial charge in [0.1, 0.15) is 0 Å². The average molecular weight is 243 g/mol. The van der Waals surface area contributed by atoms with E-state index in [1.165, 1.54) is 11.1 Å². The lowest BCUT2D eigenvalue weighted by Gasteiger charge is -2.12. The maximum atomic E-state index is 4.02. The Bertz CT molecular complexity index is 462. The molecule has 18 heavy (non-hydrogen) atoms. The molecule has 1 unspecified atom stereocenters. The lowest BCUT2D eigenvalue weighted by atomic mass is 9.98. The Hall–Kier alpha value is -1.61. The first kappa shape index (κ1) is 12.8. The van der Waals surface area contributed by atoms with Crippen molar-refractivity contribution in [3.05, 3.63) is 53.3 Å². The molecule has 0 aliphatic heterocycles. The van der Waals surface area contributed by atoms with Crippen LogP contribution in [0, 0.1) is 6.92 Å². The van der Waals surface area contributed by atoms with E-state index in [4.69, 9.17) is 0 Å². The number of H-pyrrole nitrogens is 1. The summed E-state index contributed by atoms with van der Waals surface area (Å²) in [4.78, 5) is 0. The predicted octanol–water partition coefficient (Wildman–Crippen LogP) is 3.00. The van der Waals surface area contributed by atoms with Gasteiger partial charge in [0.25, 0.3) is 0 Å². The molecule has 96 valence electrons. The summed E-state index contributed by atoms with van der Waals surface area (Å²) in [6, 6.07) is 10.7. The first-order valence-corrected chi connectivity index (χ1v) is 6.52. The molecule has 0 aliphatic rings. The van der Waals surface area contributed by atoms with Crippen molar-refractivity contribution >= 4 is 0 Å². The van der Waals surface area contributed by atoms with Gasteiger partial charge in [-0.15, -0.1) is 0 Å². The van der Waals surface area contributed by atoms with E-state index < -0.39 is 0 Å². The third kappa shape index (κ3) is 3.44. The summed E-state index contributed by atoms with van der Waals surface area (Å²) >= 11 is 0. The fraction of sp³-hybridized carbons (Fsp3) is 0.400. The van der Waals surface area contributed by atoms with Crippen LogP contribution in [0.3, 0.4) is 0 Å².